The Morgan fingerprint density at radius 2 is 1.88 bits per heavy atom. The molecule has 2 aliphatic rings. The maximum atomic E-state index is 12.1. The van der Waals surface area contributed by atoms with Gasteiger partial charge in [-0.25, -0.2) is 13.1 Å². The van der Waals surface area contributed by atoms with Gasteiger partial charge in [-0.05, 0) is 50.9 Å². The molecule has 2 rings (SSSR count). The summed E-state index contributed by atoms with van der Waals surface area (Å²) >= 11 is 0. The molecule has 1 atom stereocenters. The van der Waals surface area contributed by atoms with Crippen molar-refractivity contribution < 1.29 is 13.2 Å². The van der Waals surface area contributed by atoms with Gasteiger partial charge in [-0.1, -0.05) is 6.92 Å². The van der Waals surface area contributed by atoms with Crippen LogP contribution in [0, 0.1) is 5.92 Å². The third-order valence-electron chi connectivity index (χ3n) is 5.05. The molecule has 0 radical (unpaired) electrons. The largest absolute Gasteiger partial charge is 0.377 e. The Kier molecular flexibility index (Phi) is 11.4. The van der Waals surface area contributed by atoms with Crippen molar-refractivity contribution in [3.05, 3.63) is 0 Å². The Morgan fingerprint density at radius 1 is 1.15 bits per heavy atom. The van der Waals surface area contributed by atoms with E-state index in [0.717, 1.165) is 44.6 Å². The average Bonchev–Trinajstić information content (AvgIpc) is 2.62. The molecule has 3 N–H and O–H groups in total. The molecule has 9 heteroatoms. The van der Waals surface area contributed by atoms with E-state index in [1.165, 1.54) is 12.8 Å². The summed E-state index contributed by atoms with van der Waals surface area (Å²) in [4.78, 5) is 4.20. The molecule has 1 unspecified atom stereocenters. The van der Waals surface area contributed by atoms with E-state index in [9.17, 15) is 8.42 Å². The van der Waals surface area contributed by atoms with Gasteiger partial charge in [-0.2, -0.15) is 0 Å². The summed E-state index contributed by atoms with van der Waals surface area (Å²) in [5, 5.41) is 6.51. The molecule has 1 heterocycles. The number of hydrogen-bond donors (Lipinski definition) is 3. The predicted octanol–water partition coefficient (Wildman–Crippen LogP) is 1.84. The van der Waals surface area contributed by atoms with Crippen molar-refractivity contribution in [1.29, 1.82) is 0 Å². The van der Waals surface area contributed by atoms with Gasteiger partial charge in [0.15, 0.2) is 5.96 Å². The lowest BCUT2D eigenvalue weighted by molar-refractivity contribution is 0.0200. The van der Waals surface area contributed by atoms with Gasteiger partial charge in [0.05, 0.1) is 11.9 Å². The molecule has 26 heavy (non-hydrogen) atoms. The van der Waals surface area contributed by atoms with Gasteiger partial charge in [-0.3, -0.25) is 4.99 Å². The van der Waals surface area contributed by atoms with E-state index in [2.05, 4.69) is 27.3 Å². The van der Waals surface area contributed by atoms with Gasteiger partial charge in [0.25, 0.3) is 0 Å². The smallest absolute Gasteiger partial charge is 0.213 e. The van der Waals surface area contributed by atoms with Crippen LogP contribution >= 0.6 is 24.0 Å². The van der Waals surface area contributed by atoms with Crippen molar-refractivity contribution in [2.45, 2.75) is 64.0 Å². The number of rotatable bonds is 7. The SMILES string of the molecule is CN=C(NCCS(=O)(=O)NCC1CCCCO1)NC1CCC(C)CC1.I. The van der Waals surface area contributed by atoms with Crippen LogP contribution in [0.1, 0.15) is 51.9 Å². The quantitative estimate of drug-likeness (QED) is 0.281. The van der Waals surface area contributed by atoms with Gasteiger partial charge < -0.3 is 15.4 Å². The number of halogens is 1. The van der Waals surface area contributed by atoms with Gasteiger partial charge >= 0.3 is 0 Å². The van der Waals surface area contributed by atoms with Crippen molar-refractivity contribution in [3.63, 3.8) is 0 Å². The minimum absolute atomic E-state index is 0. The monoisotopic (exact) mass is 502 g/mol. The third kappa shape index (κ3) is 9.18. The van der Waals surface area contributed by atoms with Gasteiger partial charge in [0, 0.05) is 32.8 Å². The number of hydrogen-bond acceptors (Lipinski definition) is 4. The van der Waals surface area contributed by atoms with E-state index in [0.29, 0.717) is 25.1 Å². The Bertz CT molecular complexity index is 516. The maximum Gasteiger partial charge on any atom is 0.213 e. The zero-order valence-electron chi connectivity index (χ0n) is 16.0. The lowest BCUT2D eigenvalue weighted by Crippen LogP contribution is -2.46. The van der Waals surface area contributed by atoms with Crippen LogP contribution in [-0.4, -0.2) is 59.0 Å². The molecule has 1 saturated carbocycles. The van der Waals surface area contributed by atoms with Gasteiger partial charge in [0.2, 0.25) is 10.0 Å². The fourth-order valence-corrected chi connectivity index (χ4v) is 4.31. The molecular weight excluding hydrogens is 467 g/mol. The molecule has 0 amide bonds. The highest BCUT2D eigenvalue weighted by Crippen LogP contribution is 2.23. The van der Waals surface area contributed by atoms with E-state index < -0.39 is 10.0 Å². The van der Waals surface area contributed by atoms with Crippen LogP contribution in [0.3, 0.4) is 0 Å². The van der Waals surface area contributed by atoms with Crippen LogP contribution < -0.4 is 15.4 Å². The first-order chi connectivity index (χ1) is 12.0. The van der Waals surface area contributed by atoms with E-state index in [1.54, 1.807) is 7.05 Å². The zero-order valence-corrected chi connectivity index (χ0v) is 19.1. The molecule has 0 aromatic carbocycles. The van der Waals surface area contributed by atoms with Crippen molar-refractivity contribution in [2.75, 3.05) is 32.5 Å². The van der Waals surface area contributed by atoms with Crippen LogP contribution in [0.5, 0.6) is 0 Å². The number of nitrogens with zero attached hydrogens (tertiary/aromatic N) is 1. The number of aliphatic imine (C=N–C) groups is 1. The van der Waals surface area contributed by atoms with Crippen LogP contribution in [0.25, 0.3) is 0 Å². The van der Waals surface area contributed by atoms with Crippen molar-refractivity contribution in [1.82, 2.24) is 15.4 Å². The predicted molar refractivity (Wildman–Crippen MR) is 117 cm³/mol. The Hall–Kier alpha value is -0.130. The molecule has 1 saturated heterocycles. The van der Waals surface area contributed by atoms with E-state index in [4.69, 9.17) is 4.74 Å². The molecule has 0 spiro atoms. The van der Waals surface area contributed by atoms with E-state index in [1.807, 2.05) is 0 Å². The van der Waals surface area contributed by atoms with Crippen LogP contribution in [0.4, 0.5) is 0 Å². The molecule has 1 aliphatic carbocycles. The van der Waals surface area contributed by atoms with Crippen LogP contribution in [0.2, 0.25) is 0 Å². The Morgan fingerprint density at radius 3 is 2.50 bits per heavy atom. The summed E-state index contributed by atoms with van der Waals surface area (Å²) in [5.74, 6) is 1.52. The highest BCUT2D eigenvalue weighted by molar-refractivity contribution is 14.0. The van der Waals surface area contributed by atoms with E-state index >= 15 is 0 Å². The van der Waals surface area contributed by atoms with Crippen LogP contribution in [0.15, 0.2) is 4.99 Å². The zero-order chi connectivity index (χ0) is 18.1. The first kappa shape index (κ1) is 23.9. The summed E-state index contributed by atoms with van der Waals surface area (Å²) in [6.45, 7) is 3.73. The molecule has 1 aliphatic heterocycles. The van der Waals surface area contributed by atoms with E-state index in [-0.39, 0.29) is 35.8 Å². The first-order valence-corrected chi connectivity index (χ1v) is 11.2. The lowest BCUT2D eigenvalue weighted by Gasteiger charge is -2.28. The van der Waals surface area contributed by atoms with Gasteiger partial charge in [0.1, 0.15) is 0 Å². The molecule has 0 aromatic heterocycles. The third-order valence-corrected chi connectivity index (χ3v) is 6.40. The normalized spacial score (nSPS) is 27.5. The molecule has 154 valence electrons. The number of sulfonamides is 1. The molecule has 2 fully saturated rings. The summed E-state index contributed by atoms with van der Waals surface area (Å²) < 4.78 is 32.4. The minimum atomic E-state index is -3.30. The number of guanidine groups is 1. The maximum absolute atomic E-state index is 12.1. The van der Waals surface area contributed by atoms with Crippen molar-refractivity contribution in [3.8, 4) is 0 Å². The Labute approximate surface area is 175 Å². The van der Waals surface area contributed by atoms with Crippen molar-refractivity contribution in [2.24, 2.45) is 10.9 Å². The fourth-order valence-electron chi connectivity index (χ4n) is 3.36. The minimum Gasteiger partial charge on any atom is -0.377 e. The highest BCUT2D eigenvalue weighted by atomic mass is 127. The summed E-state index contributed by atoms with van der Waals surface area (Å²) in [6.07, 6.45) is 7.87. The molecule has 7 nitrogen and oxygen atoms in total. The Balaban J connectivity index is 0.00000338. The second kappa shape index (κ2) is 12.4. The standard InChI is InChI=1S/C17H34N4O3S.HI/c1-14-6-8-15(9-7-14)21-17(18-2)19-10-12-25(22,23)20-13-16-5-3-4-11-24-16;/h14-16,20H,3-13H2,1-2H3,(H2,18,19,21);1H. The highest BCUT2D eigenvalue weighted by Gasteiger charge is 2.20. The summed E-state index contributed by atoms with van der Waals surface area (Å²) in [7, 11) is -1.58. The lowest BCUT2D eigenvalue weighted by atomic mass is 9.87. The average molecular weight is 502 g/mol. The summed E-state index contributed by atoms with van der Waals surface area (Å²) in [6, 6.07) is 0.431. The fraction of sp³-hybridized carbons (Fsp3) is 0.941. The van der Waals surface area contributed by atoms with Crippen molar-refractivity contribution >= 4 is 40.0 Å². The number of nitrogens with one attached hydrogen (secondary N) is 3. The molecular formula is C17H35IN4O3S. The second-order valence-corrected chi connectivity index (χ2v) is 9.18. The van der Waals surface area contributed by atoms with Crippen LogP contribution in [-0.2, 0) is 14.8 Å². The molecule has 0 bridgehead atoms. The first-order valence-electron chi connectivity index (χ1n) is 9.54. The topological polar surface area (TPSA) is 91.8 Å². The number of ether oxygens (including phenoxy) is 1. The summed E-state index contributed by atoms with van der Waals surface area (Å²) in [5.41, 5.74) is 0. The molecule has 0 aromatic rings. The van der Waals surface area contributed by atoms with Gasteiger partial charge in [-0.15, -0.1) is 24.0 Å². The second-order valence-electron chi connectivity index (χ2n) is 7.26.